The van der Waals surface area contributed by atoms with Gasteiger partial charge in [-0.15, -0.1) is 11.8 Å². The number of piperidine rings is 1. The third-order valence-electron chi connectivity index (χ3n) is 7.66. The molecule has 1 fully saturated rings. The summed E-state index contributed by atoms with van der Waals surface area (Å²) in [4.78, 5) is 29.0. The van der Waals surface area contributed by atoms with E-state index in [1.165, 1.54) is 0 Å². The van der Waals surface area contributed by atoms with Gasteiger partial charge in [0.15, 0.2) is 5.11 Å². The van der Waals surface area contributed by atoms with E-state index in [0.717, 1.165) is 60.1 Å². The Morgan fingerprint density at radius 2 is 1.88 bits per heavy atom. The molecule has 0 saturated carbocycles. The van der Waals surface area contributed by atoms with E-state index in [1.54, 1.807) is 17.8 Å². The van der Waals surface area contributed by atoms with E-state index in [9.17, 15) is 9.59 Å². The van der Waals surface area contributed by atoms with Gasteiger partial charge < -0.3 is 25.4 Å². The van der Waals surface area contributed by atoms with E-state index in [2.05, 4.69) is 52.9 Å². The normalized spacial score (nSPS) is 17.8. The summed E-state index contributed by atoms with van der Waals surface area (Å²) in [5.74, 6) is 1.07. The van der Waals surface area contributed by atoms with Crippen molar-refractivity contribution in [3.8, 4) is 0 Å². The second-order valence-electron chi connectivity index (χ2n) is 11.1. The number of hydrogen-bond donors (Lipinski definition) is 3. The van der Waals surface area contributed by atoms with Crippen LogP contribution in [0.4, 0.5) is 17.1 Å². The molecule has 0 spiro atoms. The summed E-state index contributed by atoms with van der Waals surface area (Å²) in [6.07, 6.45) is 4.05. The Kier molecular flexibility index (Phi) is 8.81. The molecule has 3 heterocycles. The first kappa shape index (κ1) is 28.2. The lowest BCUT2D eigenvalue weighted by Crippen LogP contribution is -2.47. The van der Waals surface area contributed by atoms with Gasteiger partial charge in [0.25, 0.3) is 11.5 Å². The van der Waals surface area contributed by atoms with Crippen molar-refractivity contribution in [2.24, 2.45) is 11.8 Å². The van der Waals surface area contributed by atoms with Gasteiger partial charge in [0.2, 0.25) is 0 Å². The number of carbonyl (C=O) groups excluding carboxylic acids is 1. The van der Waals surface area contributed by atoms with Gasteiger partial charge in [0.05, 0.1) is 11.4 Å². The lowest BCUT2D eigenvalue weighted by atomic mass is 9.83. The third kappa shape index (κ3) is 6.53. The molecule has 1 saturated heterocycles. The number of amides is 1. The standard InChI is InChI=1S/C31H37N5O2S2/c1-20(2)12-13-32-30(38)22-10-11-28(26(15-22)34-31(39)33-24-6-4-7-25(16-24)40-3)35-17-21-14-23(19-35)27-8-5-9-29(37)36(27)18-21/h4-11,15-16,20-21,23H,12-14,17-19H2,1-3H3,(H,32,38)(H2,33,34,39). The largest absolute Gasteiger partial charge is 0.369 e. The summed E-state index contributed by atoms with van der Waals surface area (Å²) in [7, 11) is 0. The summed E-state index contributed by atoms with van der Waals surface area (Å²) >= 11 is 7.40. The van der Waals surface area contributed by atoms with Crippen molar-refractivity contribution < 1.29 is 4.79 Å². The Morgan fingerprint density at radius 3 is 2.67 bits per heavy atom. The second-order valence-corrected chi connectivity index (χ2v) is 12.4. The summed E-state index contributed by atoms with van der Waals surface area (Å²) < 4.78 is 1.95. The fraction of sp³-hybridized carbons (Fsp3) is 0.387. The number of pyridine rings is 1. The van der Waals surface area contributed by atoms with Gasteiger partial charge in [-0.05, 0) is 85.6 Å². The molecule has 5 rings (SSSR count). The molecule has 3 aromatic rings. The Morgan fingerprint density at radius 1 is 1.05 bits per heavy atom. The minimum atomic E-state index is -0.0920. The van der Waals surface area contributed by atoms with Crippen LogP contribution in [0.2, 0.25) is 0 Å². The van der Waals surface area contributed by atoms with Crippen LogP contribution in [0, 0.1) is 11.8 Å². The van der Waals surface area contributed by atoms with Crippen molar-refractivity contribution >= 4 is 52.1 Å². The lowest BCUT2D eigenvalue weighted by molar-refractivity contribution is 0.0952. The number of benzene rings is 2. The van der Waals surface area contributed by atoms with Crippen molar-refractivity contribution in [2.75, 3.05) is 41.4 Å². The molecule has 2 unspecified atom stereocenters. The number of nitrogens with one attached hydrogen (secondary N) is 3. The monoisotopic (exact) mass is 575 g/mol. The maximum atomic E-state index is 13.0. The predicted octanol–water partition coefficient (Wildman–Crippen LogP) is 5.78. The minimum absolute atomic E-state index is 0.0813. The Hall–Kier alpha value is -3.30. The average molecular weight is 576 g/mol. The van der Waals surface area contributed by atoms with Crippen molar-refractivity contribution in [1.82, 2.24) is 9.88 Å². The van der Waals surface area contributed by atoms with Crippen LogP contribution in [0.3, 0.4) is 0 Å². The van der Waals surface area contributed by atoms with E-state index >= 15 is 0 Å². The van der Waals surface area contributed by atoms with Gasteiger partial charge in [-0.1, -0.05) is 26.0 Å². The molecule has 1 amide bonds. The highest BCUT2D eigenvalue weighted by Crippen LogP contribution is 2.39. The molecule has 40 heavy (non-hydrogen) atoms. The predicted molar refractivity (Wildman–Crippen MR) is 170 cm³/mol. The summed E-state index contributed by atoms with van der Waals surface area (Å²) in [6, 6.07) is 19.5. The number of anilines is 3. The van der Waals surface area contributed by atoms with Crippen molar-refractivity contribution in [3.05, 3.63) is 82.3 Å². The Bertz CT molecular complexity index is 1450. The van der Waals surface area contributed by atoms with Crippen molar-refractivity contribution in [3.63, 3.8) is 0 Å². The average Bonchev–Trinajstić information content (AvgIpc) is 2.93. The highest BCUT2D eigenvalue weighted by Gasteiger charge is 2.35. The summed E-state index contributed by atoms with van der Waals surface area (Å²) in [5.41, 5.74) is 4.48. The number of carbonyl (C=O) groups is 1. The van der Waals surface area contributed by atoms with Crippen molar-refractivity contribution in [1.29, 1.82) is 0 Å². The SMILES string of the molecule is CSc1cccc(NC(=S)Nc2cc(C(=O)NCCC(C)C)ccc2N2CC3CC(C2)c2cccc(=O)n2C3)c1. The second kappa shape index (κ2) is 12.5. The zero-order valence-corrected chi connectivity index (χ0v) is 24.9. The number of aromatic nitrogens is 1. The molecule has 2 aliphatic rings. The van der Waals surface area contributed by atoms with Crippen LogP contribution in [-0.2, 0) is 6.54 Å². The van der Waals surface area contributed by atoms with Gasteiger partial charge in [0, 0.05) is 60.0 Å². The lowest BCUT2D eigenvalue weighted by Gasteiger charge is -2.44. The van der Waals surface area contributed by atoms with E-state index in [0.29, 0.717) is 29.1 Å². The molecule has 0 radical (unpaired) electrons. The first-order valence-corrected chi connectivity index (χ1v) is 15.5. The maximum absolute atomic E-state index is 13.0. The number of nitrogens with zero attached hydrogens (tertiary/aromatic N) is 2. The quantitative estimate of drug-likeness (QED) is 0.232. The van der Waals surface area contributed by atoms with Crippen LogP contribution in [0.1, 0.15) is 48.7 Å². The molecule has 2 atom stereocenters. The number of fused-ring (bicyclic) bond motifs is 4. The molecule has 3 N–H and O–H groups in total. The molecular formula is C31H37N5O2S2. The first-order valence-electron chi connectivity index (χ1n) is 13.9. The van der Waals surface area contributed by atoms with Crippen LogP contribution < -0.4 is 26.4 Å². The summed E-state index contributed by atoms with van der Waals surface area (Å²) in [6.45, 7) is 7.30. The number of rotatable bonds is 8. The van der Waals surface area contributed by atoms with E-state index in [-0.39, 0.29) is 17.4 Å². The van der Waals surface area contributed by atoms with Gasteiger partial charge in [-0.25, -0.2) is 0 Å². The zero-order chi connectivity index (χ0) is 28.2. The van der Waals surface area contributed by atoms with E-state index in [1.807, 2.05) is 47.2 Å². The van der Waals surface area contributed by atoms with Crippen molar-refractivity contribution in [2.45, 2.75) is 44.0 Å². The molecule has 0 aliphatic carbocycles. The van der Waals surface area contributed by atoms with E-state index < -0.39 is 0 Å². The molecule has 210 valence electrons. The van der Waals surface area contributed by atoms with Crippen LogP contribution in [0.15, 0.2) is 70.4 Å². The molecule has 7 nitrogen and oxygen atoms in total. The fourth-order valence-corrected chi connectivity index (χ4v) is 6.40. The Balaban J connectivity index is 1.41. The highest BCUT2D eigenvalue weighted by atomic mass is 32.2. The van der Waals surface area contributed by atoms with Crippen LogP contribution in [-0.4, -0.2) is 41.5 Å². The fourth-order valence-electron chi connectivity index (χ4n) is 5.71. The maximum Gasteiger partial charge on any atom is 0.251 e. The Labute approximate surface area is 245 Å². The molecule has 2 aromatic carbocycles. The highest BCUT2D eigenvalue weighted by molar-refractivity contribution is 7.98. The van der Waals surface area contributed by atoms with Gasteiger partial charge >= 0.3 is 0 Å². The van der Waals surface area contributed by atoms with Crippen LogP contribution in [0.25, 0.3) is 0 Å². The molecule has 9 heteroatoms. The third-order valence-corrected chi connectivity index (χ3v) is 8.59. The van der Waals surface area contributed by atoms with Crippen LogP contribution >= 0.6 is 24.0 Å². The first-order chi connectivity index (χ1) is 19.3. The molecule has 1 aromatic heterocycles. The molecular weight excluding hydrogens is 539 g/mol. The van der Waals surface area contributed by atoms with Crippen LogP contribution in [0.5, 0.6) is 0 Å². The van der Waals surface area contributed by atoms with Gasteiger partial charge in [-0.2, -0.15) is 0 Å². The smallest absolute Gasteiger partial charge is 0.251 e. The van der Waals surface area contributed by atoms with E-state index in [4.69, 9.17) is 12.2 Å². The van der Waals surface area contributed by atoms with Gasteiger partial charge in [0.1, 0.15) is 0 Å². The minimum Gasteiger partial charge on any atom is -0.369 e. The molecule has 2 aliphatic heterocycles. The van der Waals surface area contributed by atoms with Gasteiger partial charge in [-0.3, -0.25) is 9.59 Å². The molecule has 2 bridgehead atoms. The summed E-state index contributed by atoms with van der Waals surface area (Å²) in [5, 5.41) is 10.2. The number of thiocarbonyl (C=S) groups is 1. The number of thioether (sulfide) groups is 1. The zero-order valence-electron chi connectivity index (χ0n) is 23.3. The topological polar surface area (TPSA) is 78.4 Å². The number of hydrogen-bond acceptors (Lipinski definition) is 5.